The van der Waals surface area contributed by atoms with Gasteiger partial charge in [0, 0.05) is 22.4 Å². The first kappa shape index (κ1) is 13.2. The number of rotatable bonds is 3. The van der Waals surface area contributed by atoms with Crippen LogP contribution in [0.15, 0.2) is 34.9 Å². The van der Waals surface area contributed by atoms with Gasteiger partial charge in [-0.3, -0.25) is 4.79 Å². The molecule has 4 nitrogen and oxygen atoms in total. The molecule has 3 rings (SSSR count). The largest absolute Gasteiger partial charge is 0.508 e. The van der Waals surface area contributed by atoms with Crippen molar-refractivity contribution in [3.05, 3.63) is 46.2 Å². The lowest BCUT2D eigenvalue weighted by atomic mass is 10.2. The number of hydrogen-bond donors (Lipinski definition) is 2. The minimum atomic E-state index is -0.132. The fourth-order valence-electron chi connectivity index (χ4n) is 2.21. The molecule has 5 heteroatoms. The molecule has 20 heavy (non-hydrogen) atoms. The fourth-order valence-corrected chi connectivity index (χ4v) is 2.65. The van der Waals surface area contributed by atoms with Crippen molar-refractivity contribution in [1.82, 2.24) is 4.57 Å². The van der Waals surface area contributed by atoms with Crippen molar-refractivity contribution in [3.8, 4) is 5.75 Å². The summed E-state index contributed by atoms with van der Waals surface area (Å²) >= 11 is 3.42. The van der Waals surface area contributed by atoms with Crippen LogP contribution in [0, 0.1) is 6.92 Å². The maximum absolute atomic E-state index is 12.4. The van der Waals surface area contributed by atoms with Crippen LogP contribution in [0.4, 0.5) is 5.69 Å². The van der Waals surface area contributed by atoms with Crippen LogP contribution in [0.2, 0.25) is 0 Å². The van der Waals surface area contributed by atoms with Gasteiger partial charge in [0.15, 0.2) is 0 Å². The summed E-state index contributed by atoms with van der Waals surface area (Å²) in [5.74, 6) is 0.0970. The zero-order valence-electron chi connectivity index (χ0n) is 11.1. The number of phenols is 1. The van der Waals surface area contributed by atoms with Gasteiger partial charge in [-0.2, -0.15) is 0 Å². The highest BCUT2D eigenvalue weighted by molar-refractivity contribution is 9.10. The number of carbonyl (C=O) groups is 1. The van der Waals surface area contributed by atoms with Gasteiger partial charge >= 0.3 is 0 Å². The van der Waals surface area contributed by atoms with Crippen LogP contribution in [-0.2, 0) is 0 Å². The van der Waals surface area contributed by atoms with Gasteiger partial charge in [0.05, 0.1) is 0 Å². The molecule has 0 atom stereocenters. The predicted octanol–water partition coefficient (Wildman–Crippen LogP) is 3.85. The van der Waals surface area contributed by atoms with Crippen molar-refractivity contribution in [2.75, 3.05) is 5.32 Å². The second-order valence-corrected chi connectivity index (χ2v) is 6.05. The molecular formula is C15H15BrN2O2. The van der Waals surface area contributed by atoms with Gasteiger partial charge in [-0.25, -0.2) is 0 Å². The van der Waals surface area contributed by atoms with Crippen molar-refractivity contribution in [2.45, 2.75) is 25.8 Å². The van der Waals surface area contributed by atoms with Gasteiger partial charge in [-0.05, 0) is 65.5 Å². The van der Waals surface area contributed by atoms with Crippen LogP contribution in [0.3, 0.4) is 0 Å². The SMILES string of the molecule is Cc1cc(NC(=O)c2cc(Br)cn2C2CC2)ccc1O. The first-order valence-corrected chi connectivity index (χ1v) is 7.32. The number of aryl methyl sites for hydroxylation is 1. The molecule has 1 aliphatic rings. The Bertz CT molecular complexity index is 675. The fraction of sp³-hybridized carbons (Fsp3) is 0.267. The third-order valence-electron chi connectivity index (χ3n) is 3.44. The van der Waals surface area contributed by atoms with Crippen LogP contribution in [0.25, 0.3) is 0 Å². The molecule has 2 aromatic rings. The van der Waals surface area contributed by atoms with E-state index in [0.29, 0.717) is 17.4 Å². The number of aromatic nitrogens is 1. The Morgan fingerprint density at radius 2 is 2.15 bits per heavy atom. The smallest absolute Gasteiger partial charge is 0.272 e. The highest BCUT2D eigenvalue weighted by Crippen LogP contribution is 2.37. The number of amides is 1. The summed E-state index contributed by atoms with van der Waals surface area (Å²) in [4.78, 5) is 12.4. The highest BCUT2D eigenvalue weighted by atomic mass is 79.9. The Balaban J connectivity index is 1.84. The normalized spacial score (nSPS) is 14.3. The van der Waals surface area contributed by atoms with Crippen molar-refractivity contribution >= 4 is 27.5 Å². The van der Waals surface area contributed by atoms with E-state index >= 15 is 0 Å². The maximum atomic E-state index is 12.4. The van der Waals surface area contributed by atoms with Crippen LogP contribution in [0.5, 0.6) is 5.75 Å². The van der Waals surface area contributed by atoms with E-state index < -0.39 is 0 Å². The second kappa shape index (κ2) is 4.98. The van der Waals surface area contributed by atoms with Gasteiger partial charge in [-0.1, -0.05) is 0 Å². The molecule has 2 N–H and O–H groups in total. The quantitative estimate of drug-likeness (QED) is 0.837. The Hall–Kier alpha value is -1.75. The van der Waals surface area contributed by atoms with E-state index in [1.54, 1.807) is 25.1 Å². The average molecular weight is 335 g/mol. The van der Waals surface area contributed by atoms with Crippen LogP contribution in [0.1, 0.15) is 34.9 Å². The number of anilines is 1. The molecule has 1 saturated carbocycles. The van der Waals surface area contributed by atoms with Crippen molar-refractivity contribution in [2.24, 2.45) is 0 Å². The lowest BCUT2D eigenvalue weighted by Gasteiger charge is -2.09. The topological polar surface area (TPSA) is 54.3 Å². The Morgan fingerprint density at radius 3 is 2.80 bits per heavy atom. The van der Waals surface area contributed by atoms with Crippen molar-refractivity contribution in [3.63, 3.8) is 0 Å². The zero-order valence-corrected chi connectivity index (χ0v) is 12.6. The van der Waals surface area contributed by atoms with E-state index in [0.717, 1.165) is 22.9 Å². The van der Waals surface area contributed by atoms with Crippen LogP contribution in [-0.4, -0.2) is 15.6 Å². The van der Waals surface area contributed by atoms with Gasteiger partial charge in [0.1, 0.15) is 11.4 Å². The zero-order chi connectivity index (χ0) is 14.3. The lowest BCUT2D eigenvalue weighted by molar-refractivity contribution is 0.101. The summed E-state index contributed by atoms with van der Waals surface area (Å²) in [6.45, 7) is 1.80. The molecule has 0 bridgehead atoms. The third-order valence-corrected chi connectivity index (χ3v) is 3.88. The third kappa shape index (κ3) is 2.58. The van der Waals surface area contributed by atoms with Gasteiger partial charge in [-0.15, -0.1) is 0 Å². The van der Waals surface area contributed by atoms with E-state index in [9.17, 15) is 9.90 Å². The van der Waals surface area contributed by atoms with Crippen LogP contribution >= 0.6 is 15.9 Å². The molecule has 1 aromatic carbocycles. The Kier molecular flexibility index (Phi) is 3.30. The number of benzene rings is 1. The molecule has 0 unspecified atom stereocenters. The van der Waals surface area contributed by atoms with E-state index in [-0.39, 0.29) is 11.7 Å². The Labute approximate surface area is 125 Å². The van der Waals surface area contributed by atoms with Crippen molar-refractivity contribution < 1.29 is 9.90 Å². The molecule has 0 saturated heterocycles. The summed E-state index contributed by atoms with van der Waals surface area (Å²) in [5, 5.41) is 12.4. The van der Waals surface area contributed by atoms with E-state index in [4.69, 9.17) is 0 Å². The minimum absolute atomic E-state index is 0.132. The van der Waals surface area contributed by atoms with Gasteiger partial charge < -0.3 is 15.0 Å². The number of phenolic OH excluding ortho intramolecular Hbond substituents is 1. The number of nitrogens with zero attached hydrogens (tertiary/aromatic N) is 1. The summed E-state index contributed by atoms with van der Waals surface area (Å²) < 4.78 is 2.93. The molecule has 1 heterocycles. The molecule has 0 aliphatic heterocycles. The monoisotopic (exact) mass is 334 g/mol. The number of hydrogen-bond acceptors (Lipinski definition) is 2. The molecule has 0 spiro atoms. The number of nitrogens with one attached hydrogen (secondary N) is 1. The molecule has 1 aromatic heterocycles. The number of halogens is 1. The van der Waals surface area contributed by atoms with Crippen LogP contribution < -0.4 is 5.32 Å². The first-order chi connectivity index (χ1) is 9.54. The summed E-state index contributed by atoms with van der Waals surface area (Å²) in [6.07, 6.45) is 4.20. The Morgan fingerprint density at radius 1 is 1.40 bits per heavy atom. The molecule has 1 fully saturated rings. The predicted molar refractivity (Wildman–Crippen MR) is 81.2 cm³/mol. The first-order valence-electron chi connectivity index (χ1n) is 6.53. The maximum Gasteiger partial charge on any atom is 0.272 e. The number of carbonyl (C=O) groups excluding carboxylic acids is 1. The molecular weight excluding hydrogens is 320 g/mol. The second-order valence-electron chi connectivity index (χ2n) is 5.14. The summed E-state index contributed by atoms with van der Waals surface area (Å²) in [7, 11) is 0. The molecule has 1 aliphatic carbocycles. The minimum Gasteiger partial charge on any atom is -0.508 e. The standard InChI is InChI=1S/C15H15BrN2O2/c1-9-6-11(2-5-14(9)19)17-15(20)13-7-10(16)8-18(13)12-3-4-12/h2,5-8,12,19H,3-4H2,1H3,(H,17,20). The lowest BCUT2D eigenvalue weighted by Crippen LogP contribution is -2.16. The average Bonchev–Trinajstić information content (AvgIpc) is 3.17. The highest BCUT2D eigenvalue weighted by Gasteiger charge is 2.27. The van der Waals surface area contributed by atoms with E-state index in [1.165, 1.54) is 0 Å². The molecule has 1 amide bonds. The van der Waals surface area contributed by atoms with Crippen molar-refractivity contribution in [1.29, 1.82) is 0 Å². The summed E-state index contributed by atoms with van der Waals surface area (Å²) in [5.41, 5.74) is 2.08. The molecule has 104 valence electrons. The molecule has 0 radical (unpaired) electrons. The van der Waals surface area contributed by atoms with E-state index in [2.05, 4.69) is 21.2 Å². The summed E-state index contributed by atoms with van der Waals surface area (Å²) in [6, 6.07) is 7.32. The van der Waals surface area contributed by atoms with Gasteiger partial charge in [0.2, 0.25) is 0 Å². The van der Waals surface area contributed by atoms with Gasteiger partial charge in [0.25, 0.3) is 5.91 Å². The number of aromatic hydroxyl groups is 1. The van der Waals surface area contributed by atoms with E-state index in [1.807, 2.05) is 16.8 Å².